The van der Waals surface area contributed by atoms with E-state index in [1.54, 1.807) is 13.8 Å². The fourth-order valence-electron chi connectivity index (χ4n) is 4.49. The van der Waals surface area contributed by atoms with Gasteiger partial charge in [0.25, 0.3) is 0 Å². The Labute approximate surface area is 177 Å². The van der Waals surface area contributed by atoms with Gasteiger partial charge < -0.3 is 9.26 Å². The smallest absolute Gasteiger partial charge is 0.245 e. The molecule has 2 aromatic rings. The quantitative estimate of drug-likeness (QED) is 0.704. The van der Waals surface area contributed by atoms with E-state index in [1.807, 2.05) is 0 Å². The summed E-state index contributed by atoms with van der Waals surface area (Å²) in [6.07, 6.45) is 2.85. The van der Waals surface area contributed by atoms with Crippen LogP contribution in [0.3, 0.4) is 0 Å². The van der Waals surface area contributed by atoms with Gasteiger partial charge in [-0.15, -0.1) is 0 Å². The van der Waals surface area contributed by atoms with E-state index in [4.69, 9.17) is 14.4 Å². The van der Waals surface area contributed by atoms with Crippen molar-refractivity contribution in [2.75, 3.05) is 26.2 Å². The van der Waals surface area contributed by atoms with E-state index in [1.165, 1.54) is 11.3 Å². The molecule has 0 unspecified atom stereocenters. The molecule has 0 amide bonds. The van der Waals surface area contributed by atoms with Crippen LogP contribution in [0, 0.1) is 19.8 Å². The highest BCUT2D eigenvalue weighted by atomic mass is 32.2. The molecule has 9 nitrogen and oxygen atoms in total. The lowest BCUT2D eigenvalue weighted by molar-refractivity contribution is 0.107. The number of piperidine rings is 1. The van der Waals surface area contributed by atoms with Gasteiger partial charge in [0, 0.05) is 37.3 Å². The highest BCUT2D eigenvalue weighted by Crippen LogP contribution is 2.25. The number of fused-ring (bicyclic) bond motifs is 1. The zero-order valence-electron chi connectivity index (χ0n) is 18.0. The van der Waals surface area contributed by atoms with Crippen LogP contribution in [0.2, 0.25) is 0 Å². The van der Waals surface area contributed by atoms with Gasteiger partial charge in [-0.05, 0) is 52.6 Å². The molecule has 2 aliphatic rings. The van der Waals surface area contributed by atoms with Crippen LogP contribution in [0.4, 0.5) is 0 Å². The van der Waals surface area contributed by atoms with Crippen LogP contribution in [0.25, 0.3) is 0 Å². The fraction of sp³-hybridized carbons (Fsp3) is 0.700. The summed E-state index contributed by atoms with van der Waals surface area (Å²) in [4.78, 5) is 2.58. The van der Waals surface area contributed by atoms with Crippen LogP contribution < -0.4 is 4.72 Å². The first-order valence-corrected chi connectivity index (χ1v) is 12.2. The number of likely N-dealkylation sites (tertiary alicyclic amines) is 1. The van der Waals surface area contributed by atoms with Gasteiger partial charge in [-0.3, -0.25) is 9.58 Å². The van der Waals surface area contributed by atoms with Crippen LogP contribution in [0.5, 0.6) is 0 Å². The maximum absolute atomic E-state index is 12.6. The van der Waals surface area contributed by atoms with Crippen molar-refractivity contribution in [3.8, 4) is 0 Å². The molecular weight excluding hydrogens is 406 g/mol. The predicted molar refractivity (Wildman–Crippen MR) is 110 cm³/mol. The highest BCUT2D eigenvalue weighted by molar-refractivity contribution is 7.89. The minimum atomic E-state index is -3.60. The molecule has 1 saturated heterocycles. The minimum absolute atomic E-state index is 0.165. The van der Waals surface area contributed by atoms with Crippen LogP contribution in [0.1, 0.15) is 48.2 Å². The van der Waals surface area contributed by atoms with Crippen molar-refractivity contribution in [3.05, 3.63) is 28.4 Å². The van der Waals surface area contributed by atoms with Crippen LogP contribution in [-0.2, 0) is 40.9 Å². The van der Waals surface area contributed by atoms with E-state index in [-0.39, 0.29) is 4.90 Å². The summed E-state index contributed by atoms with van der Waals surface area (Å²) in [5, 5.41) is 8.57. The molecule has 30 heavy (non-hydrogen) atoms. The van der Waals surface area contributed by atoms with E-state index in [2.05, 4.69) is 26.4 Å². The normalized spacial score (nSPS) is 18.6. The molecule has 0 bridgehead atoms. The zero-order chi connectivity index (χ0) is 21.3. The molecule has 166 valence electrons. The third kappa shape index (κ3) is 4.32. The molecule has 0 aliphatic carbocycles. The Bertz CT molecular complexity index is 970. The second kappa shape index (κ2) is 8.78. The Morgan fingerprint density at radius 2 is 2.00 bits per heavy atom. The number of aryl methyl sites for hydroxylation is 3. The molecule has 0 saturated carbocycles. The maximum atomic E-state index is 12.6. The number of ether oxygens (including phenoxy) is 1. The number of hydrogen-bond acceptors (Lipinski definition) is 7. The maximum Gasteiger partial charge on any atom is 0.245 e. The van der Waals surface area contributed by atoms with Gasteiger partial charge in [0.05, 0.1) is 18.9 Å². The Balaban J connectivity index is 1.31. The van der Waals surface area contributed by atoms with Gasteiger partial charge in [0.1, 0.15) is 10.6 Å². The Morgan fingerprint density at radius 3 is 2.67 bits per heavy atom. The van der Waals surface area contributed by atoms with E-state index in [0.717, 1.165) is 57.7 Å². The first-order valence-electron chi connectivity index (χ1n) is 10.7. The average Bonchev–Trinajstić information content (AvgIpc) is 3.27. The number of nitrogens with zero attached hydrogens (tertiary/aromatic N) is 4. The van der Waals surface area contributed by atoms with Gasteiger partial charge in [0.2, 0.25) is 10.0 Å². The van der Waals surface area contributed by atoms with Crippen molar-refractivity contribution in [2.24, 2.45) is 5.92 Å². The first-order chi connectivity index (χ1) is 14.4. The van der Waals surface area contributed by atoms with Crippen molar-refractivity contribution in [1.82, 2.24) is 24.6 Å². The van der Waals surface area contributed by atoms with Crippen LogP contribution in [0.15, 0.2) is 9.42 Å². The molecule has 2 aliphatic heterocycles. The lowest BCUT2D eigenvalue weighted by Crippen LogP contribution is -2.38. The molecule has 4 rings (SSSR count). The average molecular weight is 438 g/mol. The molecular formula is C20H31N5O4S. The molecule has 0 radical (unpaired) electrons. The lowest BCUT2D eigenvalue weighted by Gasteiger charge is -2.31. The molecule has 10 heteroatoms. The second-order valence-corrected chi connectivity index (χ2v) is 9.92. The summed E-state index contributed by atoms with van der Waals surface area (Å²) in [5.74, 6) is 0.649. The van der Waals surface area contributed by atoms with Crippen molar-refractivity contribution < 1.29 is 17.7 Å². The Kier molecular flexibility index (Phi) is 6.29. The van der Waals surface area contributed by atoms with Crippen molar-refractivity contribution >= 4 is 10.0 Å². The summed E-state index contributed by atoms with van der Waals surface area (Å²) in [7, 11) is -3.60. The van der Waals surface area contributed by atoms with Gasteiger partial charge >= 0.3 is 0 Å². The molecule has 0 atom stereocenters. The number of hydrogen-bond donors (Lipinski definition) is 1. The third-order valence-electron chi connectivity index (χ3n) is 6.16. The fourth-order valence-corrected chi connectivity index (χ4v) is 5.93. The van der Waals surface area contributed by atoms with Gasteiger partial charge in [-0.25, -0.2) is 13.1 Å². The lowest BCUT2D eigenvalue weighted by atomic mass is 9.97. The molecule has 1 fully saturated rings. The zero-order valence-corrected chi connectivity index (χ0v) is 18.8. The summed E-state index contributed by atoms with van der Waals surface area (Å²) in [5.41, 5.74) is 4.11. The highest BCUT2D eigenvalue weighted by Gasteiger charge is 2.28. The SMILES string of the molecule is CCn1nc(CN2CCC(CNS(=O)(=O)c3c(C)noc3C)CC2)c2c1CCOC2. The van der Waals surface area contributed by atoms with Gasteiger partial charge in [0.15, 0.2) is 5.76 Å². The third-order valence-corrected chi connectivity index (χ3v) is 7.83. The summed E-state index contributed by atoms with van der Waals surface area (Å²) >= 11 is 0. The molecule has 1 N–H and O–H groups in total. The summed E-state index contributed by atoms with van der Waals surface area (Å²) in [6.45, 7) is 10.8. The van der Waals surface area contributed by atoms with E-state index >= 15 is 0 Å². The summed E-state index contributed by atoms with van der Waals surface area (Å²) < 4.78 is 40.7. The Morgan fingerprint density at radius 1 is 1.23 bits per heavy atom. The number of rotatable bonds is 7. The standard InChI is InChI=1S/C20H31N5O4S/c1-4-25-19-7-10-28-13-17(19)18(22-25)12-24-8-5-16(6-9-24)11-21-30(26,27)20-14(2)23-29-15(20)3/h16,21H,4-13H2,1-3H3. The van der Waals surface area contributed by atoms with Crippen molar-refractivity contribution in [3.63, 3.8) is 0 Å². The van der Waals surface area contributed by atoms with Crippen molar-refractivity contribution in [2.45, 2.75) is 64.6 Å². The number of sulfonamides is 1. The molecule has 0 spiro atoms. The largest absolute Gasteiger partial charge is 0.376 e. The molecule has 0 aromatic carbocycles. The summed E-state index contributed by atoms with van der Waals surface area (Å²) in [6, 6.07) is 0. The second-order valence-electron chi connectivity index (χ2n) is 8.22. The molecule has 4 heterocycles. The monoisotopic (exact) mass is 437 g/mol. The van der Waals surface area contributed by atoms with Gasteiger partial charge in [-0.1, -0.05) is 5.16 Å². The Hall–Kier alpha value is -1.75. The van der Waals surface area contributed by atoms with E-state index in [9.17, 15) is 8.42 Å². The predicted octanol–water partition coefficient (Wildman–Crippen LogP) is 1.77. The minimum Gasteiger partial charge on any atom is -0.376 e. The topological polar surface area (TPSA) is 102 Å². The van der Waals surface area contributed by atoms with E-state index < -0.39 is 10.0 Å². The van der Waals surface area contributed by atoms with E-state index in [0.29, 0.717) is 30.5 Å². The van der Waals surface area contributed by atoms with Crippen molar-refractivity contribution in [1.29, 1.82) is 0 Å². The number of nitrogens with one attached hydrogen (secondary N) is 1. The first kappa shape index (κ1) is 21.5. The molecule has 2 aromatic heterocycles. The van der Waals surface area contributed by atoms with Gasteiger partial charge in [-0.2, -0.15) is 5.10 Å². The van der Waals surface area contributed by atoms with Crippen LogP contribution in [-0.4, -0.2) is 54.5 Å². The number of aromatic nitrogens is 3. The van der Waals surface area contributed by atoms with Crippen LogP contribution >= 0.6 is 0 Å².